The van der Waals surface area contributed by atoms with Gasteiger partial charge in [-0.1, -0.05) is 6.07 Å². The summed E-state index contributed by atoms with van der Waals surface area (Å²) in [5.41, 5.74) is 9.39. The van der Waals surface area contributed by atoms with E-state index in [1.807, 2.05) is 6.07 Å². The normalized spacial score (nSPS) is 25.9. The Kier molecular flexibility index (Phi) is 2.59. The minimum Gasteiger partial charge on any atom is -0.398 e. The van der Waals surface area contributed by atoms with Crippen LogP contribution >= 0.6 is 0 Å². The Morgan fingerprint density at radius 1 is 1.20 bits per heavy atom. The Hall–Kier alpha value is -1.18. The number of nitrogens with two attached hydrogens (primary N) is 1. The Bertz CT molecular complexity index is 350. The fourth-order valence-electron chi connectivity index (χ4n) is 2.59. The number of nitrogens with zero attached hydrogens (tertiary/aromatic N) is 1. The fraction of sp³-hybridized carbons (Fsp3) is 0.538. The van der Waals surface area contributed by atoms with Crippen molar-refractivity contribution in [2.75, 3.05) is 10.6 Å². The number of hydrogen-bond donors (Lipinski definition) is 1. The van der Waals surface area contributed by atoms with Crippen LogP contribution in [0.4, 0.5) is 11.4 Å². The zero-order valence-electron chi connectivity index (χ0n) is 9.83. The van der Waals surface area contributed by atoms with Gasteiger partial charge in [0.15, 0.2) is 0 Å². The van der Waals surface area contributed by atoms with Crippen LogP contribution in [0.2, 0.25) is 0 Å². The first-order valence-electron chi connectivity index (χ1n) is 5.74. The molecule has 1 aromatic rings. The van der Waals surface area contributed by atoms with E-state index in [1.54, 1.807) is 0 Å². The fourth-order valence-corrected chi connectivity index (χ4v) is 2.59. The van der Waals surface area contributed by atoms with E-state index in [9.17, 15) is 0 Å². The monoisotopic (exact) mass is 204 g/mol. The molecular formula is C13H20N2. The van der Waals surface area contributed by atoms with E-state index in [2.05, 4.69) is 37.8 Å². The Balaban J connectivity index is 2.40. The summed E-state index contributed by atoms with van der Waals surface area (Å²) in [7, 11) is 0. The van der Waals surface area contributed by atoms with Crippen molar-refractivity contribution in [3.63, 3.8) is 0 Å². The summed E-state index contributed by atoms with van der Waals surface area (Å²) >= 11 is 0. The molecule has 1 aliphatic rings. The molecule has 15 heavy (non-hydrogen) atoms. The summed E-state index contributed by atoms with van der Waals surface area (Å²) in [6, 6.07) is 7.49. The molecule has 0 radical (unpaired) electrons. The lowest BCUT2D eigenvalue weighted by molar-refractivity contribution is 0.692. The van der Waals surface area contributed by atoms with E-state index < -0.39 is 0 Å². The van der Waals surface area contributed by atoms with Gasteiger partial charge in [-0.2, -0.15) is 0 Å². The minimum atomic E-state index is 0.639. The van der Waals surface area contributed by atoms with Crippen LogP contribution in [0.5, 0.6) is 0 Å². The van der Waals surface area contributed by atoms with Crippen LogP contribution in [0, 0.1) is 6.92 Å². The maximum Gasteiger partial charge on any atom is 0.0421 e. The summed E-state index contributed by atoms with van der Waals surface area (Å²) in [5, 5.41) is 0. The Morgan fingerprint density at radius 2 is 1.80 bits per heavy atom. The molecule has 2 N–H and O–H groups in total. The average Bonchev–Trinajstić information content (AvgIpc) is 2.52. The summed E-state index contributed by atoms with van der Waals surface area (Å²) in [4.78, 5) is 2.51. The number of rotatable bonds is 1. The van der Waals surface area contributed by atoms with Crippen molar-refractivity contribution in [2.24, 2.45) is 0 Å². The highest BCUT2D eigenvalue weighted by atomic mass is 15.2. The largest absolute Gasteiger partial charge is 0.398 e. The molecule has 0 saturated carbocycles. The summed E-state index contributed by atoms with van der Waals surface area (Å²) < 4.78 is 0. The smallest absolute Gasteiger partial charge is 0.0421 e. The molecule has 1 aromatic carbocycles. The van der Waals surface area contributed by atoms with E-state index >= 15 is 0 Å². The lowest BCUT2D eigenvalue weighted by Gasteiger charge is -2.30. The number of anilines is 2. The highest BCUT2D eigenvalue weighted by Crippen LogP contribution is 2.34. The van der Waals surface area contributed by atoms with Gasteiger partial charge in [-0.3, -0.25) is 0 Å². The Morgan fingerprint density at radius 3 is 2.40 bits per heavy atom. The highest BCUT2D eigenvalue weighted by Gasteiger charge is 2.28. The molecule has 0 bridgehead atoms. The summed E-state index contributed by atoms with van der Waals surface area (Å²) in [6.07, 6.45) is 2.57. The second-order valence-electron chi connectivity index (χ2n) is 4.67. The standard InChI is InChI=1S/C13H20N2/c1-9-7-8-10(2)15(9)13-6-4-5-12(14)11(13)3/h4-6,9-10H,7-8,14H2,1-3H3/t9-,10-/m0/s1. The summed E-state index contributed by atoms with van der Waals surface area (Å²) in [6.45, 7) is 6.71. The molecule has 1 aliphatic heterocycles. The van der Waals surface area contributed by atoms with Gasteiger partial charge in [-0.15, -0.1) is 0 Å². The SMILES string of the molecule is Cc1c(N)cccc1N1[C@@H](C)CC[C@@H]1C. The van der Waals surface area contributed by atoms with E-state index in [0.717, 1.165) is 5.69 Å². The topological polar surface area (TPSA) is 29.3 Å². The lowest BCUT2D eigenvalue weighted by atomic mass is 10.1. The van der Waals surface area contributed by atoms with Gasteiger partial charge >= 0.3 is 0 Å². The third kappa shape index (κ3) is 1.69. The van der Waals surface area contributed by atoms with E-state index in [-0.39, 0.29) is 0 Å². The molecular weight excluding hydrogens is 184 g/mol. The van der Waals surface area contributed by atoms with Gasteiger partial charge in [-0.25, -0.2) is 0 Å². The first kappa shape index (κ1) is 10.3. The van der Waals surface area contributed by atoms with Gasteiger partial charge in [0.1, 0.15) is 0 Å². The van der Waals surface area contributed by atoms with Crippen molar-refractivity contribution in [1.82, 2.24) is 0 Å². The van der Waals surface area contributed by atoms with Gasteiger partial charge in [0.2, 0.25) is 0 Å². The van der Waals surface area contributed by atoms with Crippen LogP contribution in [0.1, 0.15) is 32.3 Å². The Labute approximate surface area is 92.1 Å². The number of benzene rings is 1. The van der Waals surface area contributed by atoms with E-state index in [0.29, 0.717) is 12.1 Å². The van der Waals surface area contributed by atoms with Crippen molar-refractivity contribution in [3.8, 4) is 0 Å². The average molecular weight is 204 g/mol. The van der Waals surface area contributed by atoms with Crippen LogP contribution in [0.3, 0.4) is 0 Å². The van der Waals surface area contributed by atoms with Crippen LogP contribution in [-0.2, 0) is 0 Å². The maximum absolute atomic E-state index is 5.95. The molecule has 82 valence electrons. The van der Waals surface area contributed by atoms with E-state index in [4.69, 9.17) is 5.73 Å². The predicted octanol–water partition coefficient (Wildman–Crippen LogP) is 2.95. The molecule has 2 heteroatoms. The number of nitrogen functional groups attached to an aromatic ring is 1. The van der Waals surface area contributed by atoms with Crippen LogP contribution in [-0.4, -0.2) is 12.1 Å². The molecule has 2 nitrogen and oxygen atoms in total. The van der Waals surface area contributed by atoms with Gasteiger partial charge in [-0.05, 0) is 51.3 Å². The third-order valence-electron chi connectivity index (χ3n) is 3.58. The van der Waals surface area contributed by atoms with Gasteiger partial charge < -0.3 is 10.6 Å². The quantitative estimate of drug-likeness (QED) is 0.713. The van der Waals surface area contributed by atoms with Crippen molar-refractivity contribution in [3.05, 3.63) is 23.8 Å². The predicted molar refractivity (Wildman–Crippen MR) is 66.2 cm³/mol. The van der Waals surface area contributed by atoms with Crippen LogP contribution < -0.4 is 10.6 Å². The zero-order chi connectivity index (χ0) is 11.0. The van der Waals surface area contributed by atoms with Crippen molar-refractivity contribution >= 4 is 11.4 Å². The molecule has 0 aromatic heterocycles. The molecule has 1 fully saturated rings. The molecule has 1 heterocycles. The van der Waals surface area contributed by atoms with Crippen LogP contribution in [0.25, 0.3) is 0 Å². The van der Waals surface area contributed by atoms with Crippen LogP contribution in [0.15, 0.2) is 18.2 Å². The molecule has 0 amide bonds. The minimum absolute atomic E-state index is 0.639. The van der Waals surface area contributed by atoms with Gasteiger partial charge in [0, 0.05) is 23.5 Å². The molecule has 0 aliphatic carbocycles. The second kappa shape index (κ2) is 3.76. The zero-order valence-corrected chi connectivity index (χ0v) is 9.83. The van der Waals surface area contributed by atoms with Crippen molar-refractivity contribution < 1.29 is 0 Å². The molecule has 1 saturated heterocycles. The van der Waals surface area contributed by atoms with Gasteiger partial charge in [0.05, 0.1) is 0 Å². The van der Waals surface area contributed by atoms with E-state index in [1.165, 1.54) is 24.1 Å². The summed E-state index contributed by atoms with van der Waals surface area (Å²) in [5.74, 6) is 0. The van der Waals surface area contributed by atoms with Crippen molar-refractivity contribution in [1.29, 1.82) is 0 Å². The van der Waals surface area contributed by atoms with Crippen molar-refractivity contribution in [2.45, 2.75) is 45.7 Å². The molecule has 2 rings (SSSR count). The molecule has 0 unspecified atom stereocenters. The van der Waals surface area contributed by atoms with Gasteiger partial charge in [0.25, 0.3) is 0 Å². The third-order valence-corrected chi connectivity index (χ3v) is 3.58. The molecule has 2 atom stereocenters. The first-order chi connectivity index (χ1) is 7.11. The maximum atomic E-state index is 5.95. The lowest BCUT2D eigenvalue weighted by Crippen LogP contribution is -2.33. The number of hydrogen-bond acceptors (Lipinski definition) is 2. The molecule has 0 spiro atoms. The second-order valence-corrected chi connectivity index (χ2v) is 4.67. The highest BCUT2D eigenvalue weighted by molar-refractivity contribution is 5.65. The first-order valence-corrected chi connectivity index (χ1v) is 5.74.